The van der Waals surface area contributed by atoms with Crippen molar-refractivity contribution >= 4 is 32.4 Å². The van der Waals surface area contributed by atoms with E-state index in [4.69, 9.17) is 4.74 Å². The van der Waals surface area contributed by atoms with Crippen LogP contribution in [-0.4, -0.2) is 45.3 Å². The molecule has 0 aliphatic carbocycles. The van der Waals surface area contributed by atoms with Gasteiger partial charge >= 0.3 is 0 Å². The van der Waals surface area contributed by atoms with E-state index >= 15 is 0 Å². The van der Waals surface area contributed by atoms with Crippen molar-refractivity contribution in [2.45, 2.75) is 20.3 Å². The second kappa shape index (κ2) is 7.55. The van der Waals surface area contributed by atoms with Crippen LogP contribution in [0.2, 0.25) is 0 Å². The van der Waals surface area contributed by atoms with Gasteiger partial charge in [-0.15, -0.1) is 0 Å². The third kappa shape index (κ3) is 5.85. The Bertz CT molecular complexity index is 554. The van der Waals surface area contributed by atoms with E-state index in [1.807, 2.05) is 6.92 Å². The molecule has 114 valence electrons. The molecule has 1 heterocycles. The highest BCUT2D eigenvalue weighted by Crippen LogP contribution is 2.23. The molecule has 0 aliphatic heterocycles. The predicted molar refractivity (Wildman–Crippen MR) is 78.8 cm³/mol. The van der Waals surface area contributed by atoms with Crippen molar-refractivity contribution in [1.29, 1.82) is 0 Å². The zero-order valence-corrected chi connectivity index (χ0v) is 13.4. The molecule has 7 nitrogen and oxygen atoms in total. The van der Waals surface area contributed by atoms with Gasteiger partial charge in [0.05, 0.1) is 11.9 Å². The number of nitrogens with zero attached hydrogens (tertiary/aromatic N) is 1. The number of rotatable bonds is 8. The first-order valence-electron chi connectivity index (χ1n) is 6.14. The Morgan fingerprint density at radius 2 is 2.15 bits per heavy atom. The van der Waals surface area contributed by atoms with Crippen LogP contribution in [0.4, 0.5) is 5.13 Å². The van der Waals surface area contributed by atoms with Gasteiger partial charge in [-0.3, -0.25) is 9.52 Å². The first-order valence-corrected chi connectivity index (χ1v) is 8.85. The summed E-state index contributed by atoms with van der Waals surface area (Å²) in [5.74, 6) is -0.252. The van der Waals surface area contributed by atoms with Gasteiger partial charge in [-0.05, 0) is 20.3 Å². The molecule has 0 radical (unpaired) electrons. The first-order chi connectivity index (χ1) is 9.33. The molecule has 0 atom stereocenters. The number of thiazole rings is 1. The number of aryl methyl sites for hydroxylation is 1. The molecule has 0 bridgehead atoms. The fraction of sp³-hybridized carbons (Fsp3) is 0.636. The second-order valence-electron chi connectivity index (χ2n) is 4.11. The second-order valence-corrected chi connectivity index (χ2v) is 6.86. The summed E-state index contributed by atoms with van der Waals surface area (Å²) in [5, 5.41) is 2.95. The van der Waals surface area contributed by atoms with Crippen LogP contribution in [-0.2, 0) is 14.8 Å². The molecule has 20 heavy (non-hydrogen) atoms. The lowest BCUT2D eigenvalue weighted by molar-refractivity contribution is 0.0947. The van der Waals surface area contributed by atoms with Crippen LogP contribution in [0.5, 0.6) is 0 Å². The summed E-state index contributed by atoms with van der Waals surface area (Å²) in [4.78, 5) is 16.3. The number of carbonyl (C=O) groups excluding carboxylic acids is 1. The Morgan fingerprint density at radius 3 is 2.75 bits per heavy atom. The highest BCUT2D eigenvalue weighted by molar-refractivity contribution is 7.92. The average molecular weight is 321 g/mol. The van der Waals surface area contributed by atoms with E-state index in [0.29, 0.717) is 30.3 Å². The third-order valence-corrected chi connectivity index (χ3v) is 4.00. The van der Waals surface area contributed by atoms with Crippen molar-refractivity contribution in [3.8, 4) is 0 Å². The summed E-state index contributed by atoms with van der Waals surface area (Å²) in [6.45, 7) is 5.33. The Morgan fingerprint density at radius 1 is 1.45 bits per heavy atom. The average Bonchev–Trinajstić information content (AvgIpc) is 2.67. The summed E-state index contributed by atoms with van der Waals surface area (Å²) < 4.78 is 29.6. The molecular formula is C11H19N3O4S2. The van der Waals surface area contributed by atoms with Crippen LogP contribution >= 0.6 is 11.3 Å². The van der Waals surface area contributed by atoms with Gasteiger partial charge < -0.3 is 10.1 Å². The number of sulfonamides is 1. The summed E-state index contributed by atoms with van der Waals surface area (Å²) >= 11 is 1.02. The van der Waals surface area contributed by atoms with Gasteiger partial charge in [0.1, 0.15) is 4.88 Å². The molecule has 1 aromatic rings. The first kappa shape index (κ1) is 16.9. The molecule has 0 unspecified atom stereocenters. The van der Waals surface area contributed by atoms with Crippen LogP contribution < -0.4 is 10.0 Å². The normalized spacial score (nSPS) is 11.3. The van der Waals surface area contributed by atoms with E-state index in [1.165, 1.54) is 0 Å². The minimum atomic E-state index is -3.38. The van der Waals surface area contributed by atoms with Crippen LogP contribution in [0.15, 0.2) is 0 Å². The summed E-state index contributed by atoms with van der Waals surface area (Å²) in [7, 11) is -3.38. The van der Waals surface area contributed by atoms with Crippen molar-refractivity contribution in [3.63, 3.8) is 0 Å². The zero-order valence-electron chi connectivity index (χ0n) is 11.7. The Balaban J connectivity index is 2.56. The maximum atomic E-state index is 11.9. The van der Waals surface area contributed by atoms with Gasteiger partial charge in [0.25, 0.3) is 5.91 Å². The molecular weight excluding hydrogens is 302 g/mol. The summed E-state index contributed by atoms with van der Waals surface area (Å²) in [6.07, 6.45) is 1.77. The van der Waals surface area contributed by atoms with Gasteiger partial charge in [0.2, 0.25) is 10.0 Å². The Kier molecular flexibility index (Phi) is 6.37. The molecule has 0 aromatic carbocycles. The maximum absolute atomic E-state index is 11.9. The van der Waals surface area contributed by atoms with Crippen molar-refractivity contribution < 1.29 is 17.9 Å². The van der Waals surface area contributed by atoms with E-state index in [0.717, 1.165) is 24.0 Å². The number of hydrogen-bond donors (Lipinski definition) is 2. The lowest BCUT2D eigenvalue weighted by Gasteiger charge is -2.04. The highest BCUT2D eigenvalue weighted by atomic mass is 32.2. The van der Waals surface area contributed by atoms with Crippen molar-refractivity contribution in [3.05, 3.63) is 10.6 Å². The summed E-state index contributed by atoms with van der Waals surface area (Å²) in [6, 6.07) is 0. The lowest BCUT2D eigenvalue weighted by atomic mass is 10.3. The minimum Gasteiger partial charge on any atom is -0.382 e. The highest BCUT2D eigenvalue weighted by Gasteiger charge is 2.16. The van der Waals surface area contributed by atoms with E-state index < -0.39 is 10.0 Å². The smallest absolute Gasteiger partial charge is 0.263 e. The fourth-order valence-electron chi connectivity index (χ4n) is 1.41. The molecule has 9 heteroatoms. The summed E-state index contributed by atoms with van der Waals surface area (Å²) in [5.41, 5.74) is 0.503. The molecule has 2 N–H and O–H groups in total. The number of aromatic nitrogens is 1. The van der Waals surface area contributed by atoms with Gasteiger partial charge in [0.15, 0.2) is 5.13 Å². The maximum Gasteiger partial charge on any atom is 0.263 e. The number of nitrogens with one attached hydrogen (secondary N) is 2. The molecule has 1 aromatic heterocycles. The minimum absolute atomic E-state index is 0.199. The fourth-order valence-corrected chi connectivity index (χ4v) is 3.13. The molecule has 1 rings (SSSR count). The van der Waals surface area contributed by atoms with E-state index in [9.17, 15) is 13.2 Å². The van der Waals surface area contributed by atoms with Gasteiger partial charge in [-0.1, -0.05) is 11.3 Å². The largest absolute Gasteiger partial charge is 0.382 e. The molecule has 0 fully saturated rings. The molecule has 0 saturated heterocycles. The molecule has 0 spiro atoms. The zero-order chi connectivity index (χ0) is 15.2. The van der Waals surface area contributed by atoms with Crippen LogP contribution in [0.1, 0.15) is 28.7 Å². The van der Waals surface area contributed by atoms with Gasteiger partial charge in [-0.2, -0.15) is 0 Å². The van der Waals surface area contributed by atoms with Crippen molar-refractivity contribution in [2.24, 2.45) is 0 Å². The quantitative estimate of drug-likeness (QED) is 0.696. The third-order valence-electron chi connectivity index (χ3n) is 2.23. The number of amides is 1. The topological polar surface area (TPSA) is 97.4 Å². The number of anilines is 1. The molecule has 0 aliphatic rings. The monoisotopic (exact) mass is 321 g/mol. The van der Waals surface area contributed by atoms with Crippen LogP contribution in [0.25, 0.3) is 0 Å². The molecule has 1 amide bonds. The number of carbonyl (C=O) groups is 1. The van der Waals surface area contributed by atoms with Crippen molar-refractivity contribution in [1.82, 2.24) is 10.3 Å². The Hall–Kier alpha value is -1.19. The van der Waals surface area contributed by atoms with Gasteiger partial charge in [-0.25, -0.2) is 13.4 Å². The number of ether oxygens (including phenoxy) is 1. The standard InChI is InChI=1S/C11H19N3O4S2/c1-4-18-7-5-6-12-10(15)9-8(2)13-11(19-9)14-20(3,16)17/h4-7H2,1-3H3,(H,12,15)(H,13,14). The van der Waals surface area contributed by atoms with E-state index in [2.05, 4.69) is 15.0 Å². The SMILES string of the molecule is CCOCCCNC(=O)c1sc(NS(C)(=O)=O)nc1C. The van der Waals surface area contributed by atoms with Crippen LogP contribution in [0, 0.1) is 6.92 Å². The van der Waals surface area contributed by atoms with Gasteiger partial charge in [0, 0.05) is 19.8 Å². The Labute approximate surface area is 122 Å². The molecule has 0 saturated carbocycles. The lowest BCUT2D eigenvalue weighted by Crippen LogP contribution is -2.25. The predicted octanol–water partition coefficient (Wildman–Crippen LogP) is 0.979. The van der Waals surface area contributed by atoms with E-state index in [-0.39, 0.29) is 11.0 Å². The number of hydrogen-bond acceptors (Lipinski definition) is 6. The van der Waals surface area contributed by atoms with Crippen molar-refractivity contribution in [2.75, 3.05) is 30.7 Å². The van der Waals surface area contributed by atoms with E-state index in [1.54, 1.807) is 6.92 Å². The van der Waals surface area contributed by atoms with Crippen LogP contribution in [0.3, 0.4) is 0 Å².